The number of aryl methyl sites for hydroxylation is 1. The first-order valence-corrected chi connectivity index (χ1v) is 8.81. The average Bonchev–Trinajstić information content (AvgIpc) is 3.19. The molecule has 1 aliphatic rings. The Hall–Kier alpha value is -1.70. The molecule has 0 bridgehead atoms. The van der Waals surface area contributed by atoms with Crippen LogP contribution in [0.15, 0.2) is 0 Å². The maximum atomic E-state index is 12.1. The lowest BCUT2D eigenvalue weighted by Gasteiger charge is -2.20. The zero-order valence-electron chi connectivity index (χ0n) is 13.7. The van der Waals surface area contributed by atoms with Crippen LogP contribution in [0.5, 0.6) is 0 Å². The van der Waals surface area contributed by atoms with Crippen molar-refractivity contribution in [2.24, 2.45) is 5.92 Å². The van der Waals surface area contributed by atoms with E-state index in [0.717, 1.165) is 11.6 Å². The molecule has 0 saturated heterocycles. The summed E-state index contributed by atoms with van der Waals surface area (Å²) in [5.74, 6) is 0.394. The number of nitrogens with zero attached hydrogens (tertiary/aromatic N) is 3. The molecule has 1 fully saturated rings. The van der Waals surface area contributed by atoms with Crippen LogP contribution in [-0.4, -0.2) is 47.8 Å². The summed E-state index contributed by atoms with van der Waals surface area (Å²) in [5.41, 5.74) is 0. The summed E-state index contributed by atoms with van der Waals surface area (Å²) >= 11 is 1.35. The van der Waals surface area contributed by atoms with Crippen LogP contribution in [0.2, 0.25) is 0 Å². The van der Waals surface area contributed by atoms with Crippen LogP contribution in [0, 0.1) is 5.92 Å². The molecule has 1 aromatic rings. The molecule has 0 radical (unpaired) electrons. The van der Waals surface area contributed by atoms with Crippen LogP contribution in [0.3, 0.4) is 0 Å². The fourth-order valence-corrected chi connectivity index (χ4v) is 3.51. The highest BCUT2D eigenvalue weighted by atomic mass is 32.1. The van der Waals surface area contributed by atoms with Crippen molar-refractivity contribution in [3.8, 4) is 0 Å². The van der Waals surface area contributed by atoms with E-state index in [-0.39, 0.29) is 12.0 Å². The van der Waals surface area contributed by atoms with E-state index < -0.39 is 0 Å². The molecule has 1 aliphatic carbocycles. The molecule has 0 aromatic carbocycles. The van der Waals surface area contributed by atoms with E-state index in [1.165, 1.54) is 44.1 Å². The summed E-state index contributed by atoms with van der Waals surface area (Å²) < 4.78 is 4.59. The van der Waals surface area contributed by atoms with Crippen molar-refractivity contribution < 1.29 is 14.3 Å². The summed E-state index contributed by atoms with van der Waals surface area (Å²) in [7, 11) is 3.19. The number of carbonyl (C=O) groups excluding carboxylic acids is 2. The number of nitrogens with one attached hydrogen (secondary N) is 1. The van der Waals surface area contributed by atoms with Gasteiger partial charge in [-0.2, -0.15) is 0 Å². The molecule has 0 unspecified atom stereocenters. The Morgan fingerprint density at radius 3 is 2.78 bits per heavy atom. The monoisotopic (exact) mass is 340 g/mol. The highest BCUT2D eigenvalue weighted by Gasteiger charge is 2.20. The fourth-order valence-electron chi connectivity index (χ4n) is 2.74. The first-order valence-electron chi connectivity index (χ1n) is 7.99. The first-order chi connectivity index (χ1) is 11.1. The van der Waals surface area contributed by atoms with E-state index in [1.54, 1.807) is 4.90 Å². The predicted molar refractivity (Wildman–Crippen MR) is 88.5 cm³/mol. The number of urea groups is 1. The summed E-state index contributed by atoms with van der Waals surface area (Å²) in [4.78, 5) is 24.9. The minimum atomic E-state index is -0.225. The van der Waals surface area contributed by atoms with Crippen LogP contribution in [0.1, 0.15) is 43.5 Å². The summed E-state index contributed by atoms with van der Waals surface area (Å²) in [5, 5.41) is 12.1. The molecule has 0 atom stereocenters. The van der Waals surface area contributed by atoms with Crippen molar-refractivity contribution in [3.63, 3.8) is 0 Å². The van der Waals surface area contributed by atoms with Gasteiger partial charge in [-0.25, -0.2) is 4.79 Å². The Kier molecular flexibility index (Phi) is 6.76. The first kappa shape index (κ1) is 17.7. The number of methoxy groups -OCH3 is 1. The number of anilines is 1. The average molecular weight is 340 g/mol. The molecule has 0 aliphatic heterocycles. The van der Waals surface area contributed by atoms with Crippen LogP contribution >= 0.6 is 11.3 Å². The number of rotatable bonds is 7. The minimum Gasteiger partial charge on any atom is -0.469 e. The number of ether oxygens (including phenoxy) is 1. The number of aromatic nitrogens is 2. The second-order valence-corrected chi connectivity index (χ2v) is 6.95. The molecule has 23 heavy (non-hydrogen) atoms. The lowest BCUT2D eigenvalue weighted by Crippen LogP contribution is -2.34. The van der Waals surface area contributed by atoms with Crippen molar-refractivity contribution in [2.45, 2.75) is 44.9 Å². The van der Waals surface area contributed by atoms with Gasteiger partial charge in [0.25, 0.3) is 0 Å². The molecular formula is C15H24N4O3S. The van der Waals surface area contributed by atoms with Gasteiger partial charge in [-0.1, -0.05) is 24.2 Å². The Bertz CT molecular complexity index is 529. The molecule has 1 N–H and O–H groups in total. The minimum absolute atomic E-state index is 0.144. The third kappa shape index (κ3) is 5.78. The third-order valence-corrected chi connectivity index (χ3v) is 4.93. The van der Waals surface area contributed by atoms with E-state index in [1.807, 2.05) is 7.05 Å². The van der Waals surface area contributed by atoms with Gasteiger partial charge < -0.3 is 9.64 Å². The van der Waals surface area contributed by atoms with Crippen LogP contribution in [0.25, 0.3) is 0 Å². The normalized spacial score (nSPS) is 14.7. The van der Waals surface area contributed by atoms with Gasteiger partial charge in [0.15, 0.2) is 0 Å². The van der Waals surface area contributed by atoms with E-state index >= 15 is 0 Å². The lowest BCUT2D eigenvalue weighted by molar-refractivity contribution is -0.140. The van der Waals surface area contributed by atoms with Gasteiger partial charge in [-0.05, 0) is 25.2 Å². The van der Waals surface area contributed by atoms with Crippen LogP contribution in [0.4, 0.5) is 9.93 Å². The number of amides is 2. The smallest absolute Gasteiger partial charge is 0.323 e. The maximum Gasteiger partial charge on any atom is 0.323 e. The van der Waals surface area contributed by atoms with Crippen molar-refractivity contribution in [1.82, 2.24) is 15.1 Å². The van der Waals surface area contributed by atoms with Crippen molar-refractivity contribution in [2.75, 3.05) is 26.0 Å². The Balaban J connectivity index is 1.74. The van der Waals surface area contributed by atoms with Crippen LogP contribution in [-0.2, 0) is 16.0 Å². The quantitative estimate of drug-likeness (QED) is 0.772. The van der Waals surface area contributed by atoms with E-state index in [0.29, 0.717) is 30.3 Å². The van der Waals surface area contributed by atoms with Gasteiger partial charge in [-0.15, -0.1) is 10.2 Å². The zero-order valence-corrected chi connectivity index (χ0v) is 14.5. The predicted octanol–water partition coefficient (Wildman–Crippen LogP) is 2.69. The molecule has 7 nitrogen and oxygen atoms in total. The van der Waals surface area contributed by atoms with Crippen molar-refractivity contribution in [1.29, 1.82) is 0 Å². The number of hydrogen-bond donors (Lipinski definition) is 1. The summed E-state index contributed by atoms with van der Waals surface area (Å²) in [6.07, 6.45) is 6.64. The molecule has 8 heteroatoms. The summed E-state index contributed by atoms with van der Waals surface area (Å²) in [6, 6.07) is -0.144. The van der Waals surface area contributed by atoms with Gasteiger partial charge in [0.1, 0.15) is 5.01 Å². The molecule has 1 saturated carbocycles. The molecule has 2 rings (SSSR count). The third-order valence-electron chi connectivity index (χ3n) is 4.03. The molecular weight excluding hydrogens is 316 g/mol. The topological polar surface area (TPSA) is 84.4 Å². The Morgan fingerprint density at radius 1 is 1.35 bits per heavy atom. The van der Waals surface area contributed by atoms with Gasteiger partial charge in [-0.3, -0.25) is 10.1 Å². The Morgan fingerprint density at radius 2 is 2.09 bits per heavy atom. The number of hydrogen-bond acceptors (Lipinski definition) is 6. The van der Waals surface area contributed by atoms with Crippen molar-refractivity contribution in [3.05, 3.63) is 5.01 Å². The number of esters is 1. The largest absolute Gasteiger partial charge is 0.469 e. The fraction of sp³-hybridized carbons (Fsp3) is 0.733. The van der Waals surface area contributed by atoms with Gasteiger partial charge >= 0.3 is 12.0 Å². The summed E-state index contributed by atoms with van der Waals surface area (Å²) in [6.45, 7) is 0.788. The molecule has 2 amide bonds. The Labute approximate surface area is 140 Å². The standard InChI is InChI=1S/C15H24N4O3S/c1-19(10-11-6-3-4-7-11)15(21)16-14-18-17-12(23-14)8-5-9-13(20)22-2/h11H,3-10H2,1-2H3,(H,16,18,21). The molecule has 0 spiro atoms. The second-order valence-electron chi connectivity index (χ2n) is 5.89. The highest BCUT2D eigenvalue weighted by molar-refractivity contribution is 7.15. The highest BCUT2D eigenvalue weighted by Crippen LogP contribution is 2.25. The molecule has 128 valence electrons. The van der Waals surface area contributed by atoms with Gasteiger partial charge in [0, 0.05) is 26.4 Å². The lowest BCUT2D eigenvalue weighted by atomic mass is 10.1. The SMILES string of the molecule is COC(=O)CCCc1nnc(NC(=O)N(C)CC2CCCC2)s1. The van der Waals surface area contributed by atoms with Gasteiger partial charge in [0.05, 0.1) is 7.11 Å². The molecule has 1 aromatic heterocycles. The van der Waals surface area contributed by atoms with E-state index in [2.05, 4.69) is 20.3 Å². The maximum absolute atomic E-state index is 12.1. The molecule has 1 heterocycles. The van der Waals surface area contributed by atoms with Gasteiger partial charge in [0.2, 0.25) is 5.13 Å². The van der Waals surface area contributed by atoms with Crippen LogP contribution < -0.4 is 5.32 Å². The second kappa shape index (κ2) is 8.81. The van der Waals surface area contributed by atoms with E-state index in [9.17, 15) is 9.59 Å². The van der Waals surface area contributed by atoms with E-state index in [4.69, 9.17) is 0 Å². The van der Waals surface area contributed by atoms with Crippen molar-refractivity contribution >= 4 is 28.5 Å². The number of carbonyl (C=O) groups is 2. The zero-order chi connectivity index (χ0) is 16.7.